The topological polar surface area (TPSA) is 81.2 Å². The first-order chi connectivity index (χ1) is 12.9. The molecule has 1 heterocycles. The van der Waals surface area contributed by atoms with Gasteiger partial charge in [-0.2, -0.15) is 0 Å². The highest BCUT2D eigenvalue weighted by molar-refractivity contribution is 7.99. The summed E-state index contributed by atoms with van der Waals surface area (Å²) in [5, 5.41) is 3.89. The minimum Gasteiger partial charge on any atom is -0.466 e. The van der Waals surface area contributed by atoms with Gasteiger partial charge in [0.05, 0.1) is 24.8 Å². The maximum atomic E-state index is 12.4. The molecule has 0 saturated carbocycles. The maximum absolute atomic E-state index is 12.4. The highest BCUT2D eigenvalue weighted by atomic mass is 35.5. The first-order valence-electron chi connectivity index (χ1n) is 8.53. The molecule has 0 spiro atoms. The van der Waals surface area contributed by atoms with E-state index in [0.717, 1.165) is 11.4 Å². The van der Waals surface area contributed by atoms with Crippen LogP contribution < -0.4 is 5.32 Å². The lowest BCUT2D eigenvalue weighted by Gasteiger charge is -2.19. The molecule has 8 heteroatoms. The number of carbonyl (C=O) groups excluding carboxylic acids is 2. The minimum atomic E-state index is -0.564. The highest BCUT2D eigenvalue weighted by Gasteiger charge is 2.21. The number of nitrogens with one attached hydrogen (secondary N) is 1. The molecule has 6 nitrogen and oxygen atoms in total. The summed E-state index contributed by atoms with van der Waals surface area (Å²) >= 11 is 7.49. The second-order valence-corrected chi connectivity index (χ2v) is 7.22. The van der Waals surface area contributed by atoms with E-state index in [1.165, 1.54) is 11.8 Å². The molecule has 1 N–H and O–H groups in total. The average Bonchev–Trinajstić information content (AvgIpc) is 2.59. The molecule has 0 aliphatic carbocycles. The van der Waals surface area contributed by atoms with E-state index in [-0.39, 0.29) is 24.7 Å². The van der Waals surface area contributed by atoms with E-state index in [0.29, 0.717) is 15.7 Å². The molecule has 0 saturated heterocycles. The van der Waals surface area contributed by atoms with E-state index < -0.39 is 12.0 Å². The van der Waals surface area contributed by atoms with E-state index in [1.54, 1.807) is 25.1 Å². The van der Waals surface area contributed by atoms with Crippen LogP contribution in [-0.2, 0) is 14.3 Å². The molecule has 0 unspecified atom stereocenters. The third kappa shape index (κ3) is 6.84. The van der Waals surface area contributed by atoms with E-state index in [2.05, 4.69) is 15.3 Å². The number of nitrogens with zero attached hydrogens (tertiary/aromatic N) is 2. The highest BCUT2D eigenvalue weighted by Crippen LogP contribution is 2.26. The fourth-order valence-corrected chi connectivity index (χ4v) is 3.54. The number of halogens is 1. The Morgan fingerprint density at radius 2 is 1.89 bits per heavy atom. The lowest BCUT2D eigenvalue weighted by molar-refractivity contribution is -0.143. The number of benzene rings is 1. The van der Waals surface area contributed by atoms with Crippen LogP contribution in [0.3, 0.4) is 0 Å². The molecular weight excluding hydrogens is 386 g/mol. The van der Waals surface area contributed by atoms with Crippen molar-refractivity contribution in [2.24, 2.45) is 0 Å². The number of hydrogen-bond donors (Lipinski definition) is 1. The SMILES string of the molecule is CCOC(=O)C[C@H](NC(=O)CSc1nc(C)cc(C)n1)c1ccccc1Cl. The number of carbonyl (C=O) groups is 2. The summed E-state index contributed by atoms with van der Waals surface area (Å²) in [4.78, 5) is 33.0. The number of aryl methyl sites for hydroxylation is 2. The molecule has 1 atom stereocenters. The zero-order chi connectivity index (χ0) is 19.8. The first-order valence-corrected chi connectivity index (χ1v) is 9.90. The third-order valence-electron chi connectivity index (χ3n) is 3.59. The Labute approximate surface area is 168 Å². The Balaban J connectivity index is 2.06. The smallest absolute Gasteiger partial charge is 0.308 e. The Kier molecular flexibility index (Phi) is 8.06. The standard InChI is InChI=1S/C19H22ClN3O3S/c1-4-26-18(25)10-16(14-7-5-6-8-15(14)20)23-17(24)11-27-19-21-12(2)9-13(3)22-19/h5-9,16H,4,10-11H2,1-3H3,(H,23,24)/t16-/m0/s1. The van der Waals surface area contributed by atoms with Gasteiger partial charge in [0.2, 0.25) is 5.91 Å². The predicted molar refractivity (Wildman–Crippen MR) is 106 cm³/mol. The van der Waals surface area contributed by atoms with Gasteiger partial charge in [0, 0.05) is 16.4 Å². The number of ether oxygens (including phenoxy) is 1. The summed E-state index contributed by atoms with van der Waals surface area (Å²) in [7, 11) is 0. The molecule has 0 radical (unpaired) electrons. The Bertz CT molecular complexity index is 796. The van der Waals surface area contributed by atoms with Crippen LogP contribution >= 0.6 is 23.4 Å². The monoisotopic (exact) mass is 407 g/mol. The Hall–Kier alpha value is -2.12. The van der Waals surface area contributed by atoms with Gasteiger partial charge in [-0.1, -0.05) is 41.6 Å². The van der Waals surface area contributed by atoms with Crippen molar-refractivity contribution in [1.29, 1.82) is 0 Å². The second kappa shape index (κ2) is 10.3. The normalized spacial score (nSPS) is 11.7. The molecule has 1 aromatic heterocycles. The first kappa shape index (κ1) is 21.2. The summed E-state index contributed by atoms with van der Waals surface area (Å²) in [5.74, 6) is -0.503. The van der Waals surface area contributed by atoms with Crippen molar-refractivity contribution in [3.05, 3.63) is 52.3 Å². The van der Waals surface area contributed by atoms with Crippen LogP contribution in [0.25, 0.3) is 0 Å². The van der Waals surface area contributed by atoms with Gasteiger partial charge in [0.1, 0.15) is 0 Å². The Morgan fingerprint density at radius 3 is 2.52 bits per heavy atom. The van der Waals surface area contributed by atoms with Crippen LogP contribution in [0.4, 0.5) is 0 Å². The molecule has 0 bridgehead atoms. The van der Waals surface area contributed by atoms with Gasteiger partial charge >= 0.3 is 5.97 Å². The van der Waals surface area contributed by atoms with Gasteiger partial charge in [0.25, 0.3) is 0 Å². The number of rotatable bonds is 8. The van der Waals surface area contributed by atoms with Crippen LogP contribution in [0.1, 0.15) is 36.3 Å². The lowest BCUT2D eigenvalue weighted by Crippen LogP contribution is -2.32. The minimum absolute atomic E-state index is 0.00797. The fourth-order valence-electron chi connectivity index (χ4n) is 2.51. The van der Waals surface area contributed by atoms with Gasteiger partial charge in [-0.05, 0) is 38.5 Å². The number of esters is 1. The van der Waals surface area contributed by atoms with E-state index in [1.807, 2.05) is 26.0 Å². The largest absolute Gasteiger partial charge is 0.466 e. The van der Waals surface area contributed by atoms with Gasteiger partial charge in [-0.15, -0.1) is 0 Å². The van der Waals surface area contributed by atoms with Gasteiger partial charge in [0.15, 0.2) is 5.16 Å². The third-order valence-corrected chi connectivity index (χ3v) is 4.78. The zero-order valence-electron chi connectivity index (χ0n) is 15.5. The molecule has 2 rings (SSSR count). The molecule has 27 heavy (non-hydrogen) atoms. The van der Waals surface area contributed by atoms with Crippen LogP contribution in [-0.4, -0.2) is 34.2 Å². The molecule has 0 aliphatic heterocycles. The van der Waals surface area contributed by atoms with Crippen LogP contribution in [0, 0.1) is 13.8 Å². The molecule has 0 fully saturated rings. The molecular formula is C19H22ClN3O3S. The van der Waals surface area contributed by atoms with E-state index in [4.69, 9.17) is 16.3 Å². The lowest BCUT2D eigenvalue weighted by atomic mass is 10.0. The number of hydrogen-bond acceptors (Lipinski definition) is 6. The van der Waals surface area contributed by atoms with Crippen LogP contribution in [0.5, 0.6) is 0 Å². The fraction of sp³-hybridized carbons (Fsp3) is 0.368. The summed E-state index contributed by atoms with van der Waals surface area (Å²) in [6.45, 7) is 5.78. The Morgan fingerprint density at radius 1 is 1.22 bits per heavy atom. The summed E-state index contributed by atoms with van der Waals surface area (Å²) in [6.07, 6.45) is 0.00797. The van der Waals surface area contributed by atoms with Crippen molar-refractivity contribution >= 4 is 35.2 Å². The zero-order valence-corrected chi connectivity index (χ0v) is 17.1. The van der Waals surface area contributed by atoms with E-state index in [9.17, 15) is 9.59 Å². The number of thioether (sulfide) groups is 1. The van der Waals surface area contributed by atoms with Crippen molar-refractivity contribution in [1.82, 2.24) is 15.3 Å². The van der Waals surface area contributed by atoms with Crippen molar-refractivity contribution in [3.8, 4) is 0 Å². The number of aromatic nitrogens is 2. The van der Waals surface area contributed by atoms with Gasteiger partial charge in [-0.25, -0.2) is 9.97 Å². The molecule has 144 valence electrons. The van der Waals surface area contributed by atoms with Crippen LogP contribution in [0.15, 0.2) is 35.5 Å². The number of amides is 1. The van der Waals surface area contributed by atoms with Crippen molar-refractivity contribution in [2.45, 2.75) is 38.4 Å². The van der Waals surface area contributed by atoms with E-state index >= 15 is 0 Å². The molecule has 1 aromatic carbocycles. The molecule has 1 amide bonds. The van der Waals surface area contributed by atoms with Crippen molar-refractivity contribution in [2.75, 3.05) is 12.4 Å². The summed E-state index contributed by atoms with van der Waals surface area (Å²) < 4.78 is 5.01. The summed E-state index contributed by atoms with van der Waals surface area (Å²) in [5.41, 5.74) is 2.37. The van der Waals surface area contributed by atoms with Crippen molar-refractivity contribution in [3.63, 3.8) is 0 Å². The van der Waals surface area contributed by atoms with Gasteiger partial charge in [-0.3, -0.25) is 9.59 Å². The maximum Gasteiger partial charge on any atom is 0.308 e. The molecule has 2 aromatic rings. The van der Waals surface area contributed by atoms with Crippen molar-refractivity contribution < 1.29 is 14.3 Å². The average molecular weight is 408 g/mol. The second-order valence-electron chi connectivity index (χ2n) is 5.87. The summed E-state index contributed by atoms with van der Waals surface area (Å²) in [6, 6.07) is 8.42. The molecule has 0 aliphatic rings. The van der Waals surface area contributed by atoms with Gasteiger partial charge < -0.3 is 10.1 Å². The quantitative estimate of drug-likeness (QED) is 0.408. The predicted octanol–water partition coefficient (Wildman–Crippen LogP) is 3.65. The van der Waals surface area contributed by atoms with Crippen LogP contribution in [0.2, 0.25) is 5.02 Å².